The van der Waals surface area contributed by atoms with Crippen molar-refractivity contribution in [2.24, 2.45) is 0 Å². The number of anilines is 1. The molecule has 0 atom stereocenters. The normalized spacial score (nSPS) is 10.6. The van der Waals surface area contributed by atoms with Gasteiger partial charge in [0.1, 0.15) is 0 Å². The summed E-state index contributed by atoms with van der Waals surface area (Å²) in [7, 11) is 0. The van der Waals surface area contributed by atoms with Crippen LogP contribution in [0.3, 0.4) is 0 Å². The summed E-state index contributed by atoms with van der Waals surface area (Å²) in [6, 6.07) is 17.4. The second-order valence-corrected chi connectivity index (χ2v) is 5.83. The van der Waals surface area contributed by atoms with Gasteiger partial charge in [-0.25, -0.2) is 0 Å². The van der Waals surface area contributed by atoms with Crippen LogP contribution in [0.5, 0.6) is 0 Å². The molecule has 0 saturated carbocycles. The Kier molecular flexibility index (Phi) is 4.39. The number of pyridine rings is 1. The van der Waals surface area contributed by atoms with E-state index >= 15 is 0 Å². The van der Waals surface area contributed by atoms with Crippen LogP contribution in [-0.2, 0) is 5.75 Å². The molecular weight excluding hydrogens is 292 g/mol. The van der Waals surface area contributed by atoms with E-state index in [0.29, 0.717) is 5.56 Å². The number of aromatic nitrogens is 1. The average molecular weight is 308 g/mol. The van der Waals surface area contributed by atoms with Crippen molar-refractivity contribution in [2.75, 3.05) is 11.6 Å². The molecule has 0 aliphatic rings. The number of carbonyl (C=O) groups is 1. The lowest BCUT2D eigenvalue weighted by Crippen LogP contribution is -2.12. The summed E-state index contributed by atoms with van der Waals surface area (Å²) in [6.07, 6.45) is 3.78. The van der Waals surface area contributed by atoms with Gasteiger partial charge in [-0.3, -0.25) is 9.78 Å². The molecule has 2 aromatic carbocycles. The minimum Gasteiger partial charge on any atom is -0.320 e. The SMILES string of the molecule is CSCc1cccc(C(=O)Nc2cccc3cccnc23)c1. The Morgan fingerprint density at radius 2 is 1.95 bits per heavy atom. The maximum Gasteiger partial charge on any atom is 0.255 e. The molecule has 22 heavy (non-hydrogen) atoms. The van der Waals surface area contributed by atoms with Crippen molar-refractivity contribution in [1.29, 1.82) is 0 Å². The molecular formula is C18H16N2OS. The summed E-state index contributed by atoms with van der Waals surface area (Å²) < 4.78 is 0. The lowest BCUT2D eigenvalue weighted by Gasteiger charge is -2.09. The number of rotatable bonds is 4. The van der Waals surface area contributed by atoms with Gasteiger partial charge in [0.25, 0.3) is 5.91 Å². The Morgan fingerprint density at radius 3 is 2.82 bits per heavy atom. The van der Waals surface area contributed by atoms with Crippen LogP contribution >= 0.6 is 11.8 Å². The molecule has 0 radical (unpaired) electrons. The van der Waals surface area contributed by atoms with Crippen molar-refractivity contribution in [3.8, 4) is 0 Å². The van der Waals surface area contributed by atoms with Crippen LogP contribution in [0.25, 0.3) is 10.9 Å². The molecule has 110 valence electrons. The fraction of sp³-hybridized carbons (Fsp3) is 0.111. The van der Waals surface area contributed by atoms with Crippen LogP contribution in [0.4, 0.5) is 5.69 Å². The van der Waals surface area contributed by atoms with Gasteiger partial charge in [0.15, 0.2) is 0 Å². The third-order valence-electron chi connectivity index (χ3n) is 3.38. The number of hydrogen-bond donors (Lipinski definition) is 1. The first kappa shape index (κ1) is 14.6. The number of nitrogens with one attached hydrogen (secondary N) is 1. The van der Waals surface area contributed by atoms with Gasteiger partial charge < -0.3 is 5.32 Å². The zero-order valence-corrected chi connectivity index (χ0v) is 13.1. The first-order valence-electron chi connectivity index (χ1n) is 7.01. The average Bonchev–Trinajstić information content (AvgIpc) is 2.56. The predicted molar refractivity (Wildman–Crippen MR) is 93.4 cm³/mol. The molecule has 1 aromatic heterocycles. The molecule has 3 rings (SSSR count). The molecule has 4 heteroatoms. The van der Waals surface area contributed by atoms with Crippen LogP contribution in [0, 0.1) is 0 Å². The van der Waals surface area contributed by atoms with Gasteiger partial charge in [-0.15, -0.1) is 0 Å². The zero-order valence-electron chi connectivity index (χ0n) is 12.2. The van der Waals surface area contributed by atoms with E-state index in [9.17, 15) is 4.79 Å². The molecule has 3 nitrogen and oxygen atoms in total. The van der Waals surface area contributed by atoms with E-state index < -0.39 is 0 Å². The number of amides is 1. The van der Waals surface area contributed by atoms with Crippen molar-refractivity contribution in [2.45, 2.75) is 5.75 Å². The van der Waals surface area contributed by atoms with Gasteiger partial charge in [0.05, 0.1) is 11.2 Å². The summed E-state index contributed by atoms with van der Waals surface area (Å²) >= 11 is 1.74. The molecule has 1 amide bonds. The Bertz CT molecular complexity index is 812. The third kappa shape index (κ3) is 3.12. The Morgan fingerprint density at radius 1 is 1.14 bits per heavy atom. The predicted octanol–water partition coefficient (Wildman–Crippen LogP) is 4.35. The van der Waals surface area contributed by atoms with E-state index in [1.807, 2.05) is 54.6 Å². The number of benzene rings is 2. The lowest BCUT2D eigenvalue weighted by atomic mass is 10.1. The van der Waals surface area contributed by atoms with Crippen LogP contribution in [-0.4, -0.2) is 17.1 Å². The van der Waals surface area contributed by atoms with Gasteiger partial charge in [-0.05, 0) is 36.1 Å². The topological polar surface area (TPSA) is 42.0 Å². The first-order chi connectivity index (χ1) is 10.8. The van der Waals surface area contributed by atoms with Gasteiger partial charge in [0, 0.05) is 22.9 Å². The molecule has 1 heterocycles. The molecule has 0 spiro atoms. The molecule has 0 fully saturated rings. The number of nitrogens with zero attached hydrogens (tertiary/aromatic N) is 1. The molecule has 0 unspecified atom stereocenters. The molecule has 0 aliphatic heterocycles. The molecule has 0 saturated heterocycles. The number of hydrogen-bond acceptors (Lipinski definition) is 3. The summed E-state index contributed by atoms with van der Waals surface area (Å²) in [6.45, 7) is 0. The number of para-hydroxylation sites is 1. The largest absolute Gasteiger partial charge is 0.320 e. The summed E-state index contributed by atoms with van der Waals surface area (Å²) in [4.78, 5) is 16.8. The fourth-order valence-electron chi connectivity index (χ4n) is 2.37. The highest BCUT2D eigenvalue weighted by molar-refractivity contribution is 7.97. The minimum absolute atomic E-state index is 0.110. The van der Waals surface area contributed by atoms with Gasteiger partial charge in [-0.2, -0.15) is 11.8 Å². The van der Waals surface area contributed by atoms with Crippen molar-refractivity contribution in [1.82, 2.24) is 4.98 Å². The summed E-state index contributed by atoms with van der Waals surface area (Å²) in [5, 5.41) is 3.97. The smallest absolute Gasteiger partial charge is 0.255 e. The Hall–Kier alpha value is -2.33. The molecule has 0 bridgehead atoms. The summed E-state index contributed by atoms with van der Waals surface area (Å²) in [5.74, 6) is 0.790. The van der Waals surface area contributed by atoms with Crippen molar-refractivity contribution in [3.63, 3.8) is 0 Å². The first-order valence-corrected chi connectivity index (χ1v) is 8.40. The Labute approximate surface area is 133 Å². The maximum absolute atomic E-state index is 12.5. The number of carbonyl (C=O) groups excluding carboxylic acids is 1. The van der Waals surface area contributed by atoms with Gasteiger partial charge in [-0.1, -0.05) is 30.3 Å². The van der Waals surface area contributed by atoms with Crippen LogP contribution in [0.2, 0.25) is 0 Å². The standard InChI is InChI=1S/C18H16N2OS/c1-22-12-13-5-2-7-15(11-13)18(21)20-16-9-3-6-14-8-4-10-19-17(14)16/h2-11H,12H2,1H3,(H,20,21). The minimum atomic E-state index is -0.110. The maximum atomic E-state index is 12.5. The number of thioether (sulfide) groups is 1. The van der Waals surface area contributed by atoms with E-state index in [2.05, 4.69) is 16.6 Å². The molecule has 1 N–H and O–H groups in total. The highest BCUT2D eigenvalue weighted by Gasteiger charge is 2.09. The highest BCUT2D eigenvalue weighted by atomic mass is 32.2. The highest BCUT2D eigenvalue weighted by Crippen LogP contribution is 2.21. The molecule has 0 aliphatic carbocycles. The summed E-state index contributed by atoms with van der Waals surface area (Å²) in [5.41, 5.74) is 3.35. The Balaban J connectivity index is 1.88. The van der Waals surface area contributed by atoms with E-state index in [1.165, 1.54) is 0 Å². The van der Waals surface area contributed by atoms with Crippen molar-refractivity contribution < 1.29 is 4.79 Å². The van der Waals surface area contributed by atoms with E-state index in [0.717, 1.165) is 27.9 Å². The quantitative estimate of drug-likeness (QED) is 0.779. The third-order valence-corrected chi connectivity index (χ3v) is 4.00. The number of fused-ring (bicyclic) bond motifs is 1. The van der Waals surface area contributed by atoms with Crippen LogP contribution < -0.4 is 5.32 Å². The fourth-order valence-corrected chi connectivity index (χ4v) is 2.88. The van der Waals surface area contributed by atoms with Crippen molar-refractivity contribution >= 4 is 34.3 Å². The van der Waals surface area contributed by atoms with E-state index in [4.69, 9.17) is 0 Å². The van der Waals surface area contributed by atoms with Gasteiger partial charge >= 0.3 is 0 Å². The van der Waals surface area contributed by atoms with Crippen molar-refractivity contribution in [3.05, 3.63) is 71.9 Å². The zero-order chi connectivity index (χ0) is 15.4. The molecule has 3 aromatic rings. The second kappa shape index (κ2) is 6.62. The van der Waals surface area contributed by atoms with Crippen LogP contribution in [0.15, 0.2) is 60.8 Å². The monoisotopic (exact) mass is 308 g/mol. The van der Waals surface area contributed by atoms with E-state index in [1.54, 1.807) is 18.0 Å². The van der Waals surface area contributed by atoms with E-state index in [-0.39, 0.29) is 5.91 Å². The lowest BCUT2D eigenvalue weighted by molar-refractivity contribution is 0.102. The van der Waals surface area contributed by atoms with Crippen LogP contribution in [0.1, 0.15) is 15.9 Å². The van der Waals surface area contributed by atoms with Gasteiger partial charge in [0.2, 0.25) is 0 Å². The second-order valence-electron chi connectivity index (χ2n) is 4.97.